The van der Waals surface area contributed by atoms with Gasteiger partial charge in [0, 0.05) is 6.42 Å². The van der Waals surface area contributed by atoms with Gasteiger partial charge in [0.2, 0.25) is 0 Å². The molecule has 1 N–H and O–H groups in total. The standard InChI is InChI=1S/C15H20N4O2/c1-15(2,14(20)21)11-19-13(16-17-18-19)10-6-9-12-7-4-3-5-8-12/h3-5,7-8H,6,9-11H2,1-2H3,(H,20,21). The molecule has 1 aromatic carbocycles. The molecule has 0 spiro atoms. The Morgan fingerprint density at radius 2 is 1.95 bits per heavy atom. The van der Waals surface area contributed by atoms with E-state index in [0.717, 1.165) is 25.1 Å². The molecular weight excluding hydrogens is 268 g/mol. The number of hydrogen-bond acceptors (Lipinski definition) is 4. The maximum absolute atomic E-state index is 11.2. The average molecular weight is 288 g/mol. The number of rotatable bonds is 7. The molecule has 0 aliphatic heterocycles. The van der Waals surface area contributed by atoms with Crippen LogP contribution in [0.4, 0.5) is 0 Å². The fraction of sp³-hybridized carbons (Fsp3) is 0.467. The van der Waals surface area contributed by atoms with Crippen LogP contribution in [0.5, 0.6) is 0 Å². The summed E-state index contributed by atoms with van der Waals surface area (Å²) in [6.07, 6.45) is 2.62. The third kappa shape index (κ3) is 4.11. The van der Waals surface area contributed by atoms with Crippen molar-refractivity contribution in [2.45, 2.75) is 39.7 Å². The van der Waals surface area contributed by atoms with Crippen molar-refractivity contribution in [3.63, 3.8) is 0 Å². The molecule has 112 valence electrons. The molecule has 0 aliphatic rings. The predicted molar refractivity (Wildman–Crippen MR) is 77.7 cm³/mol. The van der Waals surface area contributed by atoms with E-state index < -0.39 is 11.4 Å². The molecule has 6 nitrogen and oxygen atoms in total. The molecule has 0 amide bonds. The van der Waals surface area contributed by atoms with Gasteiger partial charge in [0.05, 0.1) is 12.0 Å². The number of nitrogens with zero attached hydrogens (tertiary/aromatic N) is 4. The van der Waals surface area contributed by atoms with Crippen molar-refractivity contribution in [3.05, 3.63) is 41.7 Å². The zero-order valence-electron chi connectivity index (χ0n) is 12.4. The average Bonchev–Trinajstić information content (AvgIpc) is 2.86. The van der Waals surface area contributed by atoms with Crippen molar-refractivity contribution >= 4 is 5.97 Å². The van der Waals surface area contributed by atoms with E-state index >= 15 is 0 Å². The summed E-state index contributed by atoms with van der Waals surface area (Å²) in [5, 5.41) is 20.7. The molecule has 1 aromatic heterocycles. The second-order valence-electron chi connectivity index (χ2n) is 5.78. The molecule has 0 saturated carbocycles. The molecule has 2 rings (SSSR count). The van der Waals surface area contributed by atoms with Crippen LogP contribution in [0.2, 0.25) is 0 Å². The largest absolute Gasteiger partial charge is 0.481 e. The second kappa shape index (κ2) is 6.47. The van der Waals surface area contributed by atoms with Crippen LogP contribution in [-0.4, -0.2) is 31.3 Å². The maximum atomic E-state index is 11.2. The first-order chi connectivity index (χ1) is 9.99. The van der Waals surface area contributed by atoms with Crippen molar-refractivity contribution in [2.75, 3.05) is 0 Å². The Morgan fingerprint density at radius 1 is 1.24 bits per heavy atom. The molecule has 0 unspecified atom stereocenters. The number of tetrazole rings is 1. The summed E-state index contributed by atoms with van der Waals surface area (Å²) >= 11 is 0. The Morgan fingerprint density at radius 3 is 2.62 bits per heavy atom. The minimum atomic E-state index is -0.885. The van der Waals surface area contributed by atoms with Gasteiger partial charge in [-0.05, 0) is 42.7 Å². The van der Waals surface area contributed by atoms with E-state index in [4.69, 9.17) is 0 Å². The Labute approximate surface area is 123 Å². The van der Waals surface area contributed by atoms with Gasteiger partial charge in [-0.15, -0.1) is 5.10 Å². The van der Waals surface area contributed by atoms with Crippen LogP contribution < -0.4 is 0 Å². The molecule has 1 heterocycles. The number of carboxylic acids is 1. The summed E-state index contributed by atoms with van der Waals surface area (Å²) in [5.74, 6) is -0.117. The summed E-state index contributed by atoms with van der Waals surface area (Å²) < 4.78 is 1.60. The van der Waals surface area contributed by atoms with Gasteiger partial charge in [-0.2, -0.15) is 0 Å². The Kier molecular flexibility index (Phi) is 4.67. The lowest BCUT2D eigenvalue weighted by atomic mass is 9.94. The third-order valence-corrected chi connectivity index (χ3v) is 3.44. The van der Waals surface area contributed by atoms with Gasteiger partial charge in [0.25, 0.3) is 0 Å². The van der Waals surface area contributed by atoms with Crippen LogP contribution in [0, 0.1) is 5.41 Å². The first-order valence-corrected chi connectivity index (χ1v) is 7.01. The van der Waals surface area contributed by atoms with E-state index in [-0.39, 0.29) is 6.54 Å². The van der Waals surface area contributed by atoms with Crippen LogP contribution in [0.25, 0.3) is 0 Å². The highest BCUT2D eigenvalue weighted by atomic mass is 16.4. The number of aliphatic carboxylic acids is 1. The highest BCUT2D eigenvalue weighted by Gasteiger charge is 2.29. The predicted octanol–water partition coefficient (Wildman–Crippen LogP) is 1.96. The number of benzene rings is 1. The first-order valence-electron chi connectivity index (χ1n) is 7.01. The van der Waals surface area contributed by atoms with Crippen molar-refractivity contribution < 1.29 is 9.90 Å². The van der Waals surface area contributed by atoms with Gasteiger partial charge in [-0.25, -0.2) is 4.68 Å². The molecule has 0 atom stereocenters. The van der Waals surface area contributed by atoms with Crippen LogP contribution in [0.3, 0.4) is 0 Å². The molecule has 2 aromatic rings. The lowest BCUT2D eigenvalue weighted by Gasteiger charge is -2.19. The van der Waals surface area contributed by atoms with Crippen LogP contribution in [-0.2, 0) is 24.2 Å². The normalized spacial score (nSPS) is 11.5. The summed E-state index contributed by atoms with van der Waals surface area (Å²) in [5.41, 5.74) is 0.395. The van der Waals surface area contributed by atoms with Gasteiger partial charge < -0.3 is 5.11 Å². The van der Waals surface area contributed by atoms with Gasteiger partial charge in [0.1, 0.15) is 0 Å². The minimum Gasteiger partial charge on any atom is -0.481 e. The van der Waals surface area contributed by atoms with Crippen LogP contribution in [0.1, 0.15) is 31.7 Å². The van der Waals surface area contributed by atoms with Gasteiger partial charge in [-0.1, -0.05) is 30.3 Å². The number of carboxylic acid groups (broad SMARTS) is 1. The zero-order chi connectivity index (χ0) is 15.3. The SMILES string of the molecule is CC(C)(Cn1nnnc1CCCc1ccccc1)C(=O)O. The Balaban J connectivity index is 1.93. The molecule has 0 aliphatic carbocycles. The summed E-state index contributed by atoms with van der Waals surface area (Å²) in [6, 6.07) is 10.2. The lowest BCUT2D eigenvalue weighted by Crippen LogP contribution is -2.30. The van der Waals surface area contributed by atoms with E-state index in [2.05, 4.69) is 27.7 Å². The van der Waals surface area contributed by atoms with Gasteiger partial charge >= 0.3 is 5.97 Å². The third-order valence-electron chi connectivity index (χ3n) is 3.44. The van der Waals surface area contributed by atoms with Crippen molar-refractivity contribution in [1.29, 1.82) is 0 Å². The van der Waals surface area contributed by atoms with E-state index in [9.17, 15) is 9.90 Å². The lowest BCUT2D eigenvalue weighted by molar-refractivity contribution is -0.147. The molecule has 21 heavy (non-hydrogen) atoms. The van der Waals surface area contributed by atoms with Crippen molar-refractivity contribution in [1.82, 2.24) is 20.2 Å². The van der Waals surface area contributed by atoms with Crippen molar-refractivity contribution in [2.24, 2.45) is 5.41 Å². The summed E-state index contributed by atoms with van der Waals surface area (Å²) in [7, 11) is 0. The fourth-order valence-electron chi connectivity index (χ4n) is 2.06. The monoisotopic (exact) mass is 288 g/mol. The Bertz CT molecular complexity index is 593. The van der Waals surface area contributed by atoms with E-state index in [0.29, 0.717) is 0 Å². The summed E-state index contributed by atoms with van der Waals surface area (Å²) in [4.78, 5) is 11.2. The van der Waals surface area contributed by atoms with Gasteiger partial charge in [0.15, 0.2) is 5.82 Å². The minimum absolute atomic E-state index is 0.274. The molecule has 0 radical (unpaired) electrons. The van der Waals surface area contributed by atoms with Crippen LogP contribution in [0.15, 0.2) is 30.3 Å². The quantitative estimate of drug-likeness (QED) is 0.842. The van der Waals surface area contributed by atoms with Crippen LogP contribution >= 0.6 is 0 Å². The topological polar surface area (TPSA) is 80.9 Å². The number of hydrogen-bond donors (Lipinski definition) is 1. The van der Waals surface area contributed by atoms with Crippen molar-refractivity contribution in [3.8, 4) is 0 Å². The highest BCUT2D eigenvalue weighted by Crippen LogP contribution is 2.18. The fourth-order valence-corrected chi connectivity index (χ4v) is 2.06. The first kappa shape index (κ1) is 15.2. The highest BCUT2D eigenvalue weighted by molar-refractivity contribution is 5.73. The molecule has 6 heteroatoms. The number of carbonyl (C=O) groups is 1. The van der Waals surface area contributed by atoms with E-state index in [1.165, 1.54) is 5.56 Å². The number of aryl methyl sites for hydroxylation is 2. The second-order valence-corrected chi connectivity index (χ2v) is 5.78. The Hall–Kier alpha value is -2.24. The summed E-state index contributed by atoms with van der Waals surface area (Å²) in [6.45, 7) is 3.62. The molecule has 0 bridgehead atoms. The smallest absolute Gasteiger partial charge is 0.310 e. The molecule has 0 fully saturated rings. The zero-order valence-corrected chi connectivity index (χ0v) is 12.4. The maximum Gasteiger partial charge on any atom is 0.310 e. The molecular formula is C15H20N4O2. The van der Waals surface area contributed by atoms with E-state index in [1.54, 1.807) is 18.5 Å². The van der Waals surface area contributed by atoms with Gasteiger partial charge in [-0.3, -0.25) is 4.79 Å². The van der Waals surface area contributed by atoms with E-state index in [1.807, 2.05) is 18.2 Å². The number of aromatic nitrogens is 4. The molecule has 0 saturated heterocycles.